The summed E-state index contributed by atoms with van der Waals surface area (Å²) in [5.74, 6) is 0.267. The molecule has 1 atom stereocenters. The Labute approximate surface area is 116 Å². The summed E-state index contributed by atoms with van der Waals surface area (Å²) in [6.45, 7) is 6.50. The molecule has 0 N–H and O–H groups in total. The van der Waals surface area contributed by atoms with Gasteiger partial charge in [0.1, 0.15) is 5.82 Å². The number of rotatable bonds is 1. The van der Waals surface area contributed by atoms with Crippen LogP contribution in [0.4, 0.5) is 10.2 Å². The maximum absolute atomic E-state index is 14.0. The molecule has 3 heterocycles. The fourth-order valence-electron chi connectivity index (χ4n) is 2.66. The summed E-state index contributed by atoms with van der Waals surface area (Å²) in [5.41, 5.74) is 0. The van der Waals surface area contributed by atoms with E-state index < -0.39 is 5.82 Å². The molecule has 1 aromatic heterocycles. The van der Waals surface area contributed by atoms with Crippen LogP contribution in [0.3, 0.4) is 0 Å². The second-order valence-electron chi connectivity index (χ2n) is 4.91. The van der Waals surface area contributed by atoms with Crippen molar-refractivity contribution < 1.29 is 9.13 Å². The van der Waals surface area contributed by atoms with E-state index in [2.05, 4.69) is 14.9 Å². The molecule has 3 rings (SSSR count). The lowest BCUT2D eigenvalue weighted by atomic mass is 10.1. The van der Waals surface area contributed by atoms with Crippen LogP contribution in [0.15, 0.2) is 0 Å². The Morgan fingerprint density at radius 2 is 2.16 bits per heavy atom. The normalized spacial score (nSPS) is 24.4. The number of halogens is 2. The number of fused-ring (bicyclic) bond motifs is 1. The Morgan fingerprint density at radius 3 is 3.00 bits per heavy atom. The van der Waals surface area contributed by atoms with E-state index in [0.717, 1.165) is 26.2 Å². The van der Waals surface area contributed by atoms with E-state index in [1.807, 2.05) is 4.90 Å². The Hall–Kier alpha value is -0.980. The van der Waals surface area contributed by atoms with Crippen molar-refractivity contribution in [3.63, 3.8) is 0 Å². The molecule has 1 aromatic rings. The molecule has 104 valence electrons. The summed E-state index contributed by atoms with van der Waals surface area (Å²) in [6, 6.07) is 0.302. The first-order chi connectivity index (χ1) is 9.15. The van der Waals surface area contributed by atoms with Crippen LogP contribution in [0.25, 0.3) is 0 Å². The highest BCUT2D eigenvalue weighted by atomic mass is 35.5. The van der Waals surface area contributed by atoms with Crippen molar-refractivity contribution in [2.24, 2.45) is 0 Å². The van der Waals surface area contributed by atoms with Crippen LogP contribution in [-0.2, 0) is 4.74 Å². The largest absolute Gasteiger partial charge is 0.378 e. The van der Waals surface area contributed by atoms with Gasteiger partial charge >= 0.3 is 0 Å². The zero-order valence-electron chi connectivity index (χ0n) is 10.8. The molecule has 19 heavy (non-hydrogen) atoms. The van der Waals surface area contributed by atoms with Crippen LogP contribution in [0, 0.1) is 12.7 Å². The Balaban J connectivity index is 1.83. The maximum Gasteiger partial charge on any atom is 0.202 e. The molecule has 0 aromatic carbocycles. The number of piperazine rings is 1. The fraction of sp³-hybridized carbons (Fsp3) is 0.667. The number of hydrogen-bond donors (Lipinski definition) is 0. The van der Waals surface area contributed by atoms with Crippen molar-refractivity contribution in [2.45, 2.75) is 13.0 Å². The van der Waals surface area contributed by atoms with E-state index in [-0.39, 0.29) is 5.15 Å². The monoisotopic (exact) mass is 286 g/mol. The van der Waals surface area contributed by atoms with E-state index in [1.165, 1.54) is 0 Å². The molecular weight excluding hydrogens is 271 g/mol. The summed E-state index contributed by atoms with van der Waals surface area (Å²) < 4.78 is 19.5. The maximum atomic E-state index is 14.0. The van der Waals surface area contributed by atoms with Gasteiger partial charge in [-0.15, -0.1) is 0 Å². The average molecular weight is 287 g/mol. The van der Waals surface area contributed by atoms with Gasteiger partial charge in [-0.25, -0.2) is 9.97 Å². The smallest absolute Gasteiger partial charge is 0.202 e. The van der Waals surface area contributed by atoms with E-state index >= 15 is 0 Å². The van der Waals surface area contributed by atoms with Gasteiger partial charge in [-0.3, -0.25) is 4.90 Å². The van der Waals surface area contributed by atoms with Gasteiger partial charge in [0.2, 0.25) is 5.82 Å². The van der Waals surface area contributed by atoms with Crippen LogP contribution in [0.1, 0.15) is 5.82 Å². The molecular formula is C12H16ClFN4O. The summed E-state index contributed by atoms with van der Waals surface area (Å²) in [5, 5.41) is -0.107. The van der Waals surface area contributed by atoms with Crippen LogP contribution >= 0.6 is 11.6 Å². The molecule has 5 nitrogen and oxygen atoms in total. The summed E-state index contributed by atoms with van der Waals surface area (Å²) in [4.78, 5) is 12.3. The van der Waals surface area contributed by atoms with E-state index in [4.69, 9.17) is 16.3 Å². The minimum absolute atomic E-state index is 0.107. The third-order valence-electron chi connectivity index (χ3n) is 3.64. The third-order valence-corrected chi connectivity index (χ3v) is 3.89. The molecule has 0 amide bonds. The summed E-state index contributed by atoms with van der Waals surface area (Å²) in [6.07, 6.45) is 0. The summed E-state index contributed by atoms with van der Waals surface area (Å²) in [7, 11) is 0. The molecule has 0 bridgehead atoms. The first kappa shape index (κ1) is 13.0. The van der Waals surface area contributed by atoms with Crippen LogP contribution in [0.5, 0.6) is 0 Å². The van der Waals surface area contributed by atoms with Crippen molar-refractivity contribution in [1.82, 2.24) is 14.9 Å². The van der Waals surface area contributed by atoms with Crippen molar-refractivity contribution in [1.29, 1.82) is 0 Å². The van der Waals surface area contributed by atoms with Gasteiger partial charge < -0.3 is 9.64 Å². The zero-order valence-corrected chi connectivity index (χ0v) is 11.5. The molecule has 0 radical (unpaired) electrons. The molecule has 0 aliphatic carbocycles. The van der Waals surface area contributed by atoms with E-state index in [9.17, 15) is 4.39 Å². The zero-order chi connectivity index (χ0) is 13.4. The molecule has 1 unspecified atom stereocenters. The quantitative estimate of drug-likeness (QED) is 0.723. The lowest BCUT2D eigenvalue weighted by Gasteiger charge is -2.44. The molecule has 2 saturated heterocycles. The Morgan fingerprint density at radius 1 is 1.32 bits per heavy atom. The molecule has 7 heteroatoms. The van der Waals surface area contributed by atoms with Crippen molar-refractivity contribution in [3.8, 4) is 0 Å². The lowest BCUT2D eigenvalue weighted by molar-refractivity contribution is -0.0118. The van der Waals surface area contributed by atoms with E-state index in [0.29, 0.717) is 30.8 Å². The number of aryl methyl sites for hydroxylation is 1. The fourth-order valence-corrected chi connectivity index (χ4v) is 2.87. The second-order valence-corrected chi connectivity index (χ2v) is 5.27. The number of nitrogens with zero attached hydrogens (tertiary/aromatic N) is 4. The van der Waals surface area contributed by atoms with Gasteiger partial charge in [0.25, 0.3) is 0 Å². The van der Waals surface area contributed by atoms with Gasteiger partial charge in [0.05, 0.1) is 19.3 Å². The Kier molecular flexibility index (Phi) is 3.56. The summed E-state index contributed by atoms with van der Waals surface area (Å²) >= 11 is 5.79. The van der Waals surface area contributed by atoms with Crippen LogP contribution < -0.4 is 4.90 Å². The predicted octanol–water partition coefficient (Wildman–Crippen LogP) is 1.10. The molecule has 2 fully saturated rings. The van der Waals surface area contributed by atoms with Crippen molar-refractivity contribution in [2.75, 3.05) is 44.3 Å². The molecule has 0 saturated carbocycles. The molecule has 2 aliphatic heterocycles. The van der Waals surface area contributed by atoms with Crippen molar-refractivity contribution in [3.05, 3.63) is 16.8 Å². The highest BCUT2D eigenvalue weighted by Crippen LogP contribution is 2.25. The highest BCUT2D eigenvalue weighted by molar-refractivity contribution is 6.29. The lowest BCUT2D eigenvalue weighted by Crippen LogP contribution is -2.58. The highest BCUT2D eigenvalue weighted by Gasteiger charge is 2.31. The van der Waals surface area contributed by atoms with Gasteiger partial charge in [0.15, 0.2) is 11.0 Å². The predicted molar refractivity (Wildman–Crippen MR) is 70.1 cm³/mol. The number of hydrogen-bond acceptors (Lipinski definition) is 5. The minimum atomic E-state index is -0.530. The first-order valence-electron chi connectivity index (χ1n) is 6.41. The number of aromatic nitrogens is 2. The molecule has 0 spiro atoms. The molecule has 2 aliphatic rings. The van der Waals surface area contributed by atoms with Gasteiger partial charge in [0, 0.05) is 26.2 Å². The third kappa shape index (κ3) is 2.52. The van der Waals surface area contributed by atoms with Crippen molar-refractivity contribution >= 4 is 17.4 Å². The SMILES string of the molecule is Cc1nc(Cl)c(F)c(N2CCN3CCOCC3C2)n1. The van der Waals surface area contributed by atoms with Crippen LogP contribution in [0.2, 0.25) is 5.15 Å². The average Bonchev–Trinajstić information content (AvgIpc) is 2.42. The number of morpholine rings is 1. The minimum Gasteiger partial charge on any atom is -0.378 e. The van der Waals surface area contributed by atoms with E-state index in [1.54, 1.807) is 6.92 Å². The van der Waals surface area contributed by atoms with Gasteiger partial charge in [-0.1, -0.05) is 11.6 Å². The number of anilines is 1. The van der Waals surface area contributed by atoms with Gasteiger partial charge in [-0.2, -0.15) is 4.39 Å². The topological polar surface area (TPSA) is 41.5 Å². The standard InChI is InChI=1S/C12H16ClFN4O/c1-8-15-11(13)10(14)12(16-8)18-3-2-17-4-5-19-7-9(17)6-18/h9H,2-7H2,1H3. The first-order valence-corrected chi connectivity index (χ1v) is 6.79. The second kappa shape index (κ2) is 5.19. The van der Waals surface area contributed by atoms with Gasteiger partial charge in [-0.05, 0) is 6.92 Å². The number of ether oxygens (including phenoxy) is 1. The Bertz CT molecular complexity index is 487. The van der Waals surface area contributed by atoms with Crippen LogP contribution in [-0.4, -0.2) is 60.3 Å².